The highest BCUT2D eigenvalue weighted by molar-refractivity contribution is 7.08. The molecule has 0 spiro atoms. The SMILES string of the molecule is CCC(N)(CC)CNC(=O)CCc1nc(-c2ccsc2)no1. The molecule has 0 saturated carbocycles. The number of rotatable bonds is 8. The lowest BCUT2D eigenvalue weighted by Gasteiger charge is -2.26. The molecule has 0 aliphatic carbocycles. The summed E-state index contributed by atoms with van der Waals surface area (Å²) < 4.78 is 5.17. The Hall–Kier alpha value is -1.73. The molecule has 3 N–H and O–H groups in total. The van der Waals surface area contributed by atoms with Gasteiger partial charge in [0, 0.05) is 35.9 Å². The molecule has 0 saturated heterocycles. The predicted molar refractivity (Wildman–Crippen MR) is 86.4 cm³/mol. The lowest BCUT2D eigenvalue weighted by molar-refractivity contribution is -0.121. The van der Waals surface area contributed by atoms with Crippen molar-refractivity contribution in [1.82, 2.24) is 15.5 Å². The van der Waals surface area contributed by atoms with Crippen molar-refractivity contribution in [2.45, 2.75) is 45.1 Å². The molecule has 0 unspecified atom stereocenters. The predicted octanol–water partition coefficient (Wildman–Crippen LogP) is 2.36. The molecule has 6 nitrogen and oxygen atoms in total. The van der Waals surface area contributed by atoms with Crippen LogP contribution in [0.2, 0.25) is 0 Å². The smallest absolute Gasteiger partial charge is 0.227 e. The normalized spacial score (nSPS) is 11.6. The first kappa shape index (κ1) is 16.6. The summed E-state index contributed by atoms with van der Waals surface area (Å²) in [5.41, 5.74) is 6.76. The molecule has 0 aromatic carbocycles. The minimum absolute atomic E-state index is 0.0491. The fourth-order valence-electron chi connectivity index (χ4n) is 1.95. The van der Waals surface area contributed by atoms with Crippen LogP contribution in [-0.2, 0) is 11.2 Å². The lowest BCUT2D eigenvalue weighted by Crippen LogP contribution is -2.49. The van der Waals surface area contributed by atoms with Crippen molar-refractivity contribution < 1.29 is 9.32 Å². The number of thiophene rings is 1. The zero-order valence-electron chi connectivity index (χ0n) is 13.0. The van der Waals surface area contributed by atoms with E-state index in [1.165, 1.54) is 0 Å². The fourth-order valence-corrected chi connectivity index (χ4v) is 2.58. The van der Waals surface area contributed by atoms with Gasteiger partial charge < -0.3 is 15.6 Å². The summed E-state index contributed by atoms with van der Waals surface area (Å²) >= 11 is 1.58. The molecule has 1 amide bonds. The molecular weight excluding hydrogens is 300 g/mol. The summed E-state index contributed by atoms with van der Waals surface area (Å²) in [6.07, 6.45) is 2.41. The van der Waals surface area contributed by atoms with Crippen molar-refractivity contribution in [3.8, 4) is 11.4 Å². The van der Waals surface area contributed by atoms with Crippen LogP contribution in [0.25, 0.3) is 11.4 Å². The number of nitrogens with one attached hydrogen (secondary N) is 1. The van der Waals surface area contributed by atoms with E-state index in [1.54, 1.807) is 11.3 Å². The van der Waals surface area contributed by atoms with Crippen molar-refractivity contribution in [3.63, 3.8) is 0 Å². The highest BCUT2D eigenvalue weighted by Crippen LogP contribution is 2.19. The third-order valence-corrected chi connectivity index (χ3v) is 4.54. The second-order valence-corrected chi connectivity index (χ2v) is 6.15. The Balaban J connectivity index is 1.79. The summed E-state index contributed by atoms with van der Waals surface area (Å²) in [6.45, 7) is 4.54. The number of carbonyl (C=O) groups is 1. The van der Waals surface area contributed by atoms with Crippen LogP contribution < -0.4 is 11.1 Å². The van der Waals surface area contributed by atoms with Gasteiger partial charge in [0.1, 0.15) is 0 Å². The van der Waals surface area contributed by atoms with E-state index in [1.807, 2.05) is 30.7 Å². The Morgan fingerprint density at radius 2 is 2.23 bits per heavy atom. The first-order valence-corrected chi connectivity index (χ1v) is 8.41. The highest BCUT2D eigenvalue weighted by atomic mass is 32.1. The highest BCUT2D eigenvalue weighted by Gasteiger charge is 2.21. The molecule has 2 heterocycles. The maximum absolute atomic E-state index is 11.9. The average molecular weight is 322 g/mol. The number of hydrogen-bond donors (Lipinski definition) is 2. The minimum Gasteiger partial charge on any atom is -0.354 e. The maximum atomic E-state index is 11.9. The zero-order chi connectivity index (χ0) is 16.0. The molecule has 0 radical (unpaired) electrons. The molecule has 0 fully saturated rings. The van der Waals surface area contributed by atoms with Crippen LogP contribution >= 0.6 is 11.3 Å². The summed E-state index contributed by atoms with van der Waals surface area (Å²) in [5, 5.41) is 10.7. The van der Waals surface area contributed by atoms with Gasteiger partial charge in [0.05, 0.1) is 0 Å². The van der Waals surface area contributed by atoms with Gasteiger partial charge in [-0.15, -0.1) is 0 Å². The number of nitrogens with zero attached hydrogens (tertiary/aromatic N) is 2. The molecule has 0 atom stereocenters. The number of amides is 1. The molecule has 22 heavy (non-hydrogen) atoms. The Labute approximate surface area is 134 Å². The standard InChI is InChI=1S/C15H22N4O2S/c1-3-15(16,4-2)10-17-12(20)5-6-13-18-14(19-21-13)11-7-8-22-9-11/h7-9H,3-6,10,16H2,1-2H3,(H,17,20). The summed E-state index contributed by atoms with van der Waals surface area (Å²) in [7, 11) is 0. The van der Waals surface area contributed by atoms with E-state index >= 15 is 0 Å². The third kappa shape index (κ3) is 4.38. The van der Waals surface area contributed by atoms with Gasteiger partial charge in [0.2, 0.25) is 17.6 Å². The van der Waals surface area contributed by atoms with Crippen LogP contribution in [0.1, 0.15) is 39.0 Å². The Bertz CT molecular complexity index is 590. The van der Waals surface area contributed by atoms with Crippen molar-refractivity contribution in [2.24, 2.45) is 5.73 Å². The number of aryl methyl sites for hydroxylation is 1. The number of aromatic nitrogens is 2. The number of carbonyl (C=O) groups excluding carboxylic acids is 1. The third-order valence-electron chi connectivity index (χ3n) is 3.86. The van der Waals surface area contributed by atoms with Crippen LogP contribution in [0, 0.1) is 0 Å². The van der Waals surface area contributed by atoms with Gasteiger partial charge in [-0.25, -0.2) is 0 Å². The van der Waals surface area contributed by atoms with Crippen LogP contribution in [0.4, 0.5) is 0 Å². The average Bonchev–Trinajstić information content (AvgIpc) is 3.21. The Kier molecular flexibility index (Phi) is 5.68. The molecule has 0 aliphatic heterocycles. The van der Waals surface area contributed by atoms with Gasteiger partial charge in [-0.05, 0) is 24.3 Å². The van der Waals surface area contributed by atoms with Crippen LogP contribution in [-0.4, -0.2) is 28.1 Å². The minimum atomic E-state index is -0.327. The Morgan fingerprint density at radius 3 is 2.86 bits per heavy atom. The second kappa shape index (κ2) is 7.51. The molecule has 0 bridgehead atoms. The number of hydrogen-bond acceptors (Lipinski definition) is 6. The van der Waals surface area contributed by atoms with Crippen molar-refractivity contribution in [1.29, 1.82) is 0 Å². The molecule has 2 aromatic heterocycles. The lowest BCUT2D eigenvalue weighted by atomic mass is 9.94. The molecule has 7 heteroatoms. The van der Waals surface area contributed by atoms with E-state index < -0.39 is 0 Å². The van der Waals surface area contributed by atoms with Crippen LogP contribution in [0.3, 0.4) is 0 Å². The van der Waals surface area contributed by atoms with E-state index in [4.69, 9.17) is 10.3 Å². The van der Waals surface area contributed by atoms with E-state index in [0.29, 0.717) is 31.1 Å². The first-order valence-electron chi connectivity index (χ1n) is 7.47. The monoisotopic (exact) mass is 322 g/mol. The van der Waals surface area contributed by atoms with Gasteiger partial charge >= 0.3 is 0 Å². The van der Waals surface area contributed by atoms with Gasteiger partial charge in [-0.2, -0.15) is 16.3 Å². The molecule has 2 rings (SSSR count). The van der Waals surface area contributed by atoms with Crippen molar-refractivity contribution in [2.75, 3.05) is 6.54 Å². The topological polar surface area (TPSA) is 94.0 Å². The van der Waals surface area contributed by atoms with Crippen molar-refractivity contribution >= 4 is 17.2 Å². The van der Waals surface area contributed by atoms with Gasteiger partial charge in [0.25, 0.3) is 0 Å². The Morgan fingerprint density at radius 1 is 1.45 bits per heavy atom. The zero-order valence-corrected chi connectivity index (χ0v) is 13.8. The van der Waals surface area contributed by atoms with Crippen LogP contribution in [0.5, 0.6) is 0 Å². The van der Waals surface area contributed by atoms with Gasteiger partial charge in [-0.3, -0.25) is 4.79 Å². The van der Waals surface area contributed by atoms with E-state index in [-0.39, 0.29) is 11.4 Å². The summed E-state index contributed by atoms with van der Waals surface area (Å²) in [6, 6.07) is 1.93. The second-order valence-electron chi connectivity index (χ2n) is 5.37. The largest absolute Gasteiger partial charge is 0.354 e. The maximum Gasteiger partial charge on any atom is 0.227 e. The van der Waals surface area contributed by atoms with E-state index in [0.717, 1.165) is 18.4 Å². The van der Waals surface area contributed by atoms with Crippen LogP contribution in [0.15, 0.2) is 21.3 Å². The number of nitrogens with two attached hydrogens (primary N) is 1. The van der Waals surface area contributed by atoms with E-state index in [9.17, 15) is 4.79 Å². The summed E-state index contributed by atoms with van der Waals surface area (Å²) in [4.78, 5) is 16.2. The van der Waals surface area contributed by atoms with Crippen molar-refractivity contribution in [3.05, 3.63) is 22.7 Å². The first-order chi connectivity index (χ1) is 10.6. The quantitative estimate of drug-likeness (QED) is 0.778. The summed E-state index contributed by atoms with van der Waals surface area (Å²) in [5.74, 6) is 0.989. The fraction of sp³-hybridized carbons (Fsp3) is 0.533. The van der Waals surface area contributed by atoms with E-state index in [2.05, 4.69) is 15.5 Å². The van der Waals surface area contributed by atoms with Gasteiger partial charge in [-0.1, -0.05) is 19.0 Å². The van der Waals surface area contributed by atoms with Gasteiger partial charge in [0.15, 0.2) is 0 Å². The molecular formula is C15H22N4O2S. The molecule has 120 valence electrons. The molecule has 2 aromatic rings. The molecule has 0 aliphatic rings.